The van der Waals surface area contributed by atoms with E-state index in [2.05, 4.69) is 10.1 Å². The van der Waals surface area contributed by atoms with Crippen molar-refractivity contribution in [3.8, 4) is 0 Å². The molecule has 0 aliphatic heterocycles. The third kappa shape index (κ3) is 5.62. The van der Waals surface area contributed by atoms with E-state index in [1.807, 2.05) is 38.2 Å². The van der Waals surface area contributed by atoms with Gasteiger partial charge < -0.3 is 0 Å². The van der Waals surface area contributed by atoms with Crippen LogP contribution in [-0.4, -0.2) is 53.0 Å². The third-order valence-electron chi connectivity index (χ3n) is 5.80. The van der Waals surface area contributed by atoms with Crippen LogP contribution in [0.25, 0.3) is 10.2 Å². The fraction of sp³-hybridized carbons (Fsp3) is 0.320. The van der Waals surface area contributed by atoms with Crippen LogP contribution in [-0.2, 0) is 16.6 Å². The number of carbonyl (C=O) groups excluding carboxylic acids is 1. The van der Waals surface area contributed by atoms with Gasteiger partial charge in [0.15, 0.2) is 5.13 Å². The van der Waals surface area contributed by atoms with Gasteiger partial charge in [-0.2, -0.15) is 9.40 Å². The second-order valence-corrected chi connectivity index (χ2v) is 11.5. The average Bonchev–Trinajstić information content (AvgIpc) is 3.55. The van der Waals surface area contributed by atoms with Gasteiger partial charge in [0.05, 0.1) is 21.2 Å². The molecule has 0 radical (unpaired) electrons. The summed E-state index contributed by atoms with van der Waals surface area (Å²) < 4.78 is 30.2. The summed E-state index contributed by atoms with van der Waals surface area (Å²) in [5, 5.41) is 5.26. The lowest BCUT2D eigenvalue weighted by atomic mass is 10.2. The molecule has 11 heteroatoms. The van der Waals surface area contributed by atoms with Crippen LogP contribution in [0.3, 0.4) is 0 Å². The maximum absolute atomic E-state index is 13.6. The number of aromatic nitrogens is 3. The Bertz CT molecular complexity index is 1420. The van der Waals surface area contributed by atoms with Crippen LogP contribution in [0.15, 0.2) is 65.8 Å². The first kappa shape index (κ1) is 26.3. The molecule has 0 N–H and O–H groups in total. The van der Waals surface area contributed by atoms with Gasteiger partial charge in [0, 0.05) is 37.6 Å². The van der Waals surface area contributed by atoms with Crippen LogP contribution in [0.1, 0.15) is 37.0 Å². The number of benzene rings is 2. The summed E-state index contributed by atoms with van der Waals surface area (Å²) in [6, 6.07) is 13.5. The quantitative estimate of drug-likeness (QED) is 0.255. The first-order chi connectivity index (χ1) is 17.3. The molecule has 0 saturated heterocycles. The number of nitrogens with zero attached hydrogens (tertiary/aromatic N) is 5. The fourth-order valence-corrected chi connectivity index (χ4v) is 6.57. The predicted octanol–water partition coefficient (Wildman–Crippen LogP) is 5.30. The highest BCUT2D eigenvalue weighted by Crippen LogP contribution is 2.33. The molecular weight excluding hydrogens is 518 g/mol. The number of para-hydroxylation sites is 1. The zero-order valence-electron chi connectivity index (χ0n) is 20.2. The molecule has 0 saturated carbocycles. The Morgan fingerprint density at radius 2 is 1.86 bits per heavy atom. The maximum atomic E-state index is 13.6. The molecule has 36 heavy (non-hydrogen) atoms. The maximum Gasteiger partial charge on any atom is 0.260 e. The van der Waals surface area contributed by atoms with E-state index in [0.717, 1.165) is 17.5 Å². The van der Waals surface area contributed by atoms with Crippen LogP contribution in [0.4, 0.5) is 5.13 Å². The molecule has 2 aromatic heterocycles. The molecule has 0 aliphatic rings. The number of fused-ring (bicyclic) bond motifs is 1. The average molecular weight is 546 g/mol. The van der Waals surface area contributed by atoms with Gasteiger partial charge in [0.2, 0.25) is 10.0 Å². The Morgan fingerprint density at radius 1 is 1.08 bits per heavy atom. The molecule has 1 amide bonds. The molecule has 0 unspecified atom stereocenters. The number of rotatable bonds is 11. The zero-order chi connectivity index (χ0) is 25.7. The normalized spacial score (nSPS) is 11.9. The third-order valence-corrected chi connectivity index (χ3v) is 9.14. The van der Waals surface area contributed by atoms with E-state index < -0.39 is 10.0 Å². The van der Waals surface area contributed by atoms with E-state index in [1.165, 1.54) is 27.8 Å². The van der Waals surface area contributed by atoms with Crippen molar-refractivity contribution in [1.29, 1.82) is 0 Å². The van der Waals surface area contributed by atoms with Crippen molar-refractivity contribution in [3.05, 3.63) is 71.5 Å². The van der Waals surface area contributed by atoms with Crippen molar-refractivity contribution in [2.75, 3.05) is 24.5 Å². The van der Waals surface area contributed by atoms with E-state index in [4.69, 9.17) is 11.6 Å². The highest BCUT2D eigenvalue weighted by molar-refractivity contribution is 7.89. The number of carbonyl (C=O) groups is 1. The van der Waals surface area contributed by atoms with Gasteiger partial charge in [-0.1, -0.05) is 49.3 Å². The minimum Gasteiger partial charge on any atom is -0.282 e. The minimum absolute atomic E-state index is 0.173. The summed E-state index contributed by atoms with van der Waals surface area (Å²) >= 11 is 7.70. The molecule has 0 spiro atoms. The molecule has 0 fully saturated rings. The zero-order valence-corrected chi connectivity index (χ0v) is 22.6. The van der Waals surface area contributed by atoms with Gasteiger partial charge in [-0.05, 0) is 48.9 Å². The van der Waals surface area contributed by atoms with Crippen molar-refractivity contribution in [2.24, 2.45) is 0 Å². The Hall–Kier alpha value is -2.79. The summed E-state index contributed by atoms with van der Waals surface area (Å²) in [6.45, 7) is 5.52. The first-order valence-corrected chi connectivity index (χ1v) is 14.4. The first-order valence-electron chi connectivity index (χ1n) is 11.8. The fourth-order valence-electron chi connectivity index (χ4n) is 3.80. The van der Waals surface area contributed by atoms with Gasteiger partial charge in [-0.3, -0.25) is 14.4 Å². The summed E-state index contributed by atoms with van der Waals surface area (Å²) in [5.74, 6) is -0.278. The molecule has 8 nitrogen and oxygen atoms in total. The molecule has 0 atom stereocenters. The number of unbranched alkanes of at least 4 members (excludes halogenated alkanes) is 1. The Balaban J connectivity index is 1.63. The number of anilines is 1. The van der Waals surface area contributed by atoms with Crippen molar-refractivity contribution in [1.82, 2.24) is 19.1 Å². The topological polar surface area (TPSA) is 88.4 Å². The molecule has 190 valence electrons. The summed E-state index contributed by atoms with van der Waals surface area (Å²) in [4.78, 5) is 20.0. The number of hydrogen-bond acceptors (Lipinski definition) is 6. The molecule has 0 bridgehead atoms. The number of amides is 1. The van der Waals surface area contributed by atoms with Crippen LogP contribution >= 0.6 is 22.9 Å². The van der Waals surface area contributed by atoms with Crippen LogP contribution in [0.2, 0.25) is 5.02 Å². The Kier molecular flexibility index (Phi) is 8.40. The molecule has 0 aliphatic carbocycles. The largest absolute Gasteiger partial charge is 0.282 e. The Morgan fingerprint density at radius 3 is 2.50 bits per heavy atom. The second-order valence-electron chi connectivity index (χ2n) is 8.18. The van der Waals surface area contributed by atoms with Gasteiger partial charge in [0.1, 0.15) is 5.52 Å². The molecular formula is C25H28ClN5O3S2. The lowest BCUT2D eigenvalue weighted by Crippen LogP contribution is -2.34. The standard InChI is InChI=1S/C25H28ClN5O3S2/c1-3-5-16-30(4-2)36(33,34)20-12-10-19(11-13-20)24(32)31(18-17-29-15-7-14-27-29)25-28-23-21(26)8-6-9-22(23)35-25/h6-15H,3-5,16-18H2,1-2H3. The lowest BCUT2D eigenvalue weighted by Gasteiger charge is -2.21. The highest BCUT2D eigenvalue weighted by Gasteiger charge is 2.25. The highest BCUT2D eigenvalue weighted by atomic mass is 35.5. The van der Waals surface area contributed by atoms with Gasteiger partial charge in [-0.25, -0.2) is 13.4 Å². The van der Waals surface area contributed by atoms with E-state index in [9.17, 15) is 13.2 Å². The van der Waals surface area contributed by atoms with Gasteiger partial charge in [-0.15, -0.1) is 0 Å². The van der Waals surface area contributed by atoms with Crippen LogP contribution in [0.5, 0.6) is 0 Å². The predicted molar refractivity (Wildman–Crippen MR) is 144 cm³/mol. The van der Waals surface area contributed by atoms with Crippen molar-refractivity contribution < 1.29 is 13.2 Å². The molecule has 2 aromatic carbocycles. The van der Waals surface area contributed by atoms with E-state index >= 15 is 0 Å². The van der Waals surface area contributed by atoms with Crippen molar-refractivity contribution in [2.45, 2.75) is 38.1 Å². The summed E-state index contributed by atoms with van der Waals surface area (Å²) in [7, 11) is -3.63. The van der Waals surface area contributed by atoms with Crippen LogP contribution < -0.4 is 4.90 Å². The van der Waals surface area contributed by atoms with Gasteiger partial charge in [0.25, 0.3) is 5.91 Å². The lowest BCUT2D eigenvalue weighted by molar-refractivity contribution is 0.0985. The van der Waals surface area contributed by atoms with Crippen LogP contribution in [0, 0.1) is 0 Å². The molecule has 4 aromatic rings. The minimum atomic E-state index is -3.63. The number of sulfonamides is 1. The van der Waals surface area contributed by atoms with E-state index in [1.54, 1.807) is 34.0 Å². The second kappa shape index (κ2) is 11.5. The number of hydrogen-bond donors (Lipinski definition) is 0. The smallest absolute Gasteiger partial charge is 0.260 e. The molecule has 4 rings (SSSR count). The van der Waals surface area contributed by atoms with Gasteiger partial charge >= 0.3 is 0 Å². The summed E-state index contributed by atoms with van der Waals surface area (Å²) in [5.41, 5.74) is 1.01. The number of halogens is 1. The van der Waals surface area contributed by atoms with E-state index in [-0.39, 0.29) is 10.8 Å². The SMILES string of the molecule is CCCCN(CC)S(=O)(=O)c1ccc(C(=O)N(CCn2cccn2)c2nc3c(Cl)cccc3s2)cc1. The summed E-state index contributed by atoms with van der Waals surface area (Å²) in [6.07, 6.45) is 5.21. The monoisotopic (exact) mass is 545 g/mol. The van der Waals surface area contributed by atoms with E-state index in [0.29, 0.717) is 47.4 Å². The number of thiazole rings is 1. The van der Waals surface area contributed by atoms with Crippen molar-refractivity contribution in [3.63, 3.8) is 0 Å². The Labute approximate surface area is 220 Å². The molecule has 2 heterocycles. The van der Waals surface area contributed by atoms with Crippen molar-refractivity contribution >= 4 is 54.2 Å².